The zero-order valence-electron chi connectivity index (χ0n) is 31.3. The molecule has 61 heavy (non-hydrogen) atoms. The van der Waals surface area contributed by atoms with E-state index in [0.717, 1.165) is 24.3 Å². The minimum atomic E-state index is -5.13. The number of nitrogens with two attached hydrogens (primary N) is 2. The van der Waals surface area contributed by atoms with Crippen molar-refractivity contribution in [3.63, 3.8) is 0 Å². The summed E-state index contributed by atoms with van der Waals surface area (Å²) in [5, 5.41) is 36.3. The van der Waals surface area contributed by atoms with Crippen LogP contribution in [0.5, 0.6) is 23.0 Å². The second kappa shape index (κ2) is 16.7. The minimum absolute atomic E-state index is 0. The van der Waals surface area contributed by atoms with Gasteiger partial charge in [0.05, 0.1) is 36.4 Å². The van der Waals surface area contributed by atoms with Crippen LogP contribution < -0.4 is 20.9 Å². The van der Waals surface area contributed by atoms with Gasteiger partial charge in [-0.3, -0.25) is 18.2 Å². The zero-order chi connectivity index (χ0) is 44.3. The number of benzene rings is 6. The van der Waals surface area contributed by atoms with Gasteiger partial charge in [0, 0.05) is 40.3 Å². The molecule has 0 aliphatic heterocycles. The van der Waals surface area contributed by atoms with Crippen LogP contribution in [0.25, 0.3) is 32.7 Å². The molecule has 22 nitrogen and oxygen atoms in total. The molecule has 0 unspecified atom stereocenters. The van der Waals surface area contributed by atoms with Crippen LogP contribution in [0.15, 0.2) is 113 Å². The van der Waals surface area contributed by atoms with E-state index >= 15 is 0 Å². The third kappa shape index (κ3) is 9.09. The molecule has 0 aromatic heterocycles. The van der Waals surface area contributed by atoms with E-state index in [9.17, 15) is 62.1 Å². The van der Waals surface area contributed by atoms with Crippen molar-refractivity contribution < 1.29 is 71.6 Å². The molecule has 0 amide bonds. The molecule has 27 heteroatoms. The number of ether oxygens (including phenoxy) is 2. The average Bonchev–Trinajstić information content (AvgIpc) is 3.15. The molecule has 0 saturated heterocycles. The van der Waals surface area contributed by atoms with E-state index in [1.54, 1.807) is 24.3 Å². The monoisotopic (exact) mass is 927 g/mol. The molecule has 0 saturated carbocycles. The fourth-order valence-electron chi connectivity index (χ4n) is 6.02. The molecule has 6 aromatic carbocycles. The number of nitrogen functional groups attached to an aromatic ring is 2. The number of azo groups is 2. The van der Waals surface area contributed by atoms with Gasteiger partial charge in [0.15, 0.2) is 11.5 Å². The van der Waals surface area contributed by atoms with Crippen molar-refractivity contribution in [2.45, 2.75) is 19.6 Å². The van der Waals surface area contributed by atoms with E-state index in [2.05, 4.69) is 20.5 Å². The minimum Gasteiger partial charge on any atom is -0.505 e. The van der Waals surface area contributed by atoms with Gasteiger partial charge >= 0.3 is 0 Å². The van der Waals surface area contributed by atoms with Gasteiger partial charge in [-0.1, -0.05) is 24.3 Å². The average molecular weight is 928 g/mol. The van der Waals surface area contributed by atoms with Crippen molar-refractivity contribution in [1.82, 2.24) is 0 Å². The van der Waals surface area contributed by atoms with Crippen LogP contribution in [-0.2, 0) is 40.5 Å². The standard InChI is InChI=1S/C34H28N6O16S4.Na/c1-55-23-11-15(3-7-19(23)37-39-21-9-5-17-25(57(43,44)45)13-27(59(49,50)51)31(35)29(17)33(21)41)16-4-8-20(24(12-16)56-2)38-40-22-10-6-18-26(58(46,47)48)14-28(60(52,53)54)32(36)30(18)34(22)42;/h3-14,41-42H,35-36H2,1-2H3,(H,43,44,45)(H,46,47,48)(H,49,50,51)(H,52,53,54);. The fraction of sp³-hybridized carbons (Fsp3) is 0.0588. The molecule has 315 valence electrons. The first-order valence-corrected chi connectivity index (χ1v) is 21.9. The largest absolute Gasteiger partial charge is 0.505 e. The van der Waals surface area contributed by atoms with Crippen molar-refractivity contribution in [2.24, 2.45) is 20.5 Å². The van der Waals surface area contributed by atoms with Crippen molar-refractivity contribution in [1.29, 1.82) is 0 Å². The van der Waals surface area contributed by atoms with Crippen LogP contribution in [-0.4, -0.2) is 106 Å². The Morgan fingerprint density at radius 1 is 0.459 bits per heavy atom. The molecule has 0 heterocycles. The number of hydrogen-bond acceptors (Lipinski definition) is 18. The normalized spacial score (nSPS) is 12.6. The molecule has 0 aliphatic carbocycles. The maximum absolute atomic E-state index is 12.0. The predicted molar refractivity (Wildman–Crippen MR) is 218 cm³/mol. The summed E-state index contributed by atoms with van der Waals surface area (Å²) in [6.45, 7) is 0. The maximum Gasteiger partial charge on any atom is 0.296 e. The van der Waals surface area contributed by atoms with E-state index in [-0.39, 0.29) is 74.6 Å². The van der Waals surface area contributed by atoms with Gasteiger partial charge in [-0.2, -0.15) is 33.7 Å². The molecule has 0 spiro atoms. The van der Waals surface area contributed by atoms with Crippen LogP contribution in [0.3, 0.4) is 0 Å². The number of rotatable bonds is 11. The SMILES string of the molecule is COc1cc(-c2ccc(N=Nc3ccc4c(S(=O)(=O)O)cc(S(=O)(=O)O)c(N)c4c3O)c(OC)c2)ccc1N=Nc1ccc2c(S(=O)(=O)O)cc(S(=O)(=O)O)c(N)c2c1O.[Na]. The number of phenols is 2. The van der Waals surface area contributed by atoms with E-state index in [1.165, 1.54) is 26.4 Å². The summed E-state index contributed by atoms with van der Waals surface area (Å²) in [5.41, 5.74) is 11.0. The summed E-state index contributed by atoms with van der Waals surface area (Å²) < 4.78 is 145. The Morgan fingerprint density at radius 3 is 1.05 bits per heavy atom. The first-order valence-electron chi connectivity index (χ1n) is 16.1. The first kappa shape index (κ1) is 46.5. The summed E-state index contributed by atoms with van der Waals surface area (Å²) >= 11 is 0. The van der Waals surface area contributed by atoms with E-state index in [1.807, 2.05) is 0 Å². The number of nitrogens with zero attached hydrogens (tertiary/aromatic N) is 4. The Bertz CT molecular complexity index is 3130. The Balaban J connectivity index is 0.00000704. The molecule has 1 radical (unpaired) electrons. The Hall–Kier alpha value is -5.52. The quantitative estimate of drug-likeness (QED) is 0.0335. The fourth-order valence-corrected chi connectivity index (χ4v) is 8.89. The topological polar surface area (TPSA) is 378 Å². The van der Waals surface area contributed by atoms with Gasteiger partial charge in [-0.25, -0.2) is 0 Å². The molecular weight excluding hydrogens is 900 g/mol. The van der Waals surface area contributed by atoms with Gasteiger partial charge in [-0.15, -0.1) is 20.5 Å². The summed E-state index contributed by atoms with van der Waals surface area (Å²) in [4.78, 5) is -4.11. The number of aromatic hydroxyl groups is 2. The number of methoxy groups -OCH3 is 2. The third-order valence-corrected chi connectivity index (χ3v) is 12.3. The number of phenolic OH excluding ortho intramolecular Hbond substituents is 2. The molecule has 0 fully saturated rings. The molecule has 6 rings (SSSR count). The van der Waals surface area contributed by atoms with Crippen LogP contribution in [0, 0.1) is 0 Å². The summed E-state index contributed by atoms with van der Waals surface area (Å²) in [6.07, 6.45) is 0. The van der Waals surface area contributed by atoms with Crippen LogP contribution >= 0.6 is 0 Å². The second-order valence-corrected chi connectivity index (χ2v) is 17.9. The van der Waals surface area contributed by atoms with Gasteiger partial charge in [0.1, 0.15) is 53.8 Å². The first-order chi connectivity index (χ1) is 27.9. The van der Waals surface area contributed by atoms with Crippen molar-refractivity contribution in [3.05, 3.63) is 72.8 Å². The number of anilines is 2. The van der Waals surface area contributed by atoms with Crippen molar-refractivity contribution >= 4 is 126 Å². The van der Waals surface area contributed by atoms with Gasteiger partial charge in [-0.05, 0) is 59.7 Å². The molecule has 0 bridgehead atoms. The summed E-state index contributed by atoms with van der Waals surface area (Å²) in [7, 11) is -17.8. The van der Waals surface area contributed by atoms with Gasteiger partial charge < -0.3 is 31.2 Å². The molecule has 0 aliphatic rings. The van der Waals surface area contributed by atoms with Crippen molar-refractivity contribution in [3.8, 4) is 34.1 Å². The van der Waals surface area contributed by atoms with Crippen LogP contribution in [0.1, 0.15) is 0 Å². The Labute approximate surface area is 367 Å². The third-order valence-electron chi connectivity index (χ3n) is 8.77. The van der Waals surface area contributed by atoms with Crippen molar-refractivity contribution in [2.75, 3.05) is 25.7 Å². The molecule has 6 aromatic rings. The summed E-state index contributed by atoms with van der Waals surface area (Å²) in [6, 6.07) is 14.5. The molecule has 0 atom stereocenters. The van der Waals surface area contributed by atoms with Gasteiger partial charge in [0.25, 0.3) is 40.5 Å². The predicted octanol–water partition coefficient (Wildman–Crippen LogP) is 5.69. The van der Waals surface area contributed by atoms with Crippen LogP contribution in [0.2, 0.25) is 0 Å². The Kier molecular flexibility index (Phi) is 12.8. The molecule has 10 N–H and O–H groups in total. The van der Waals surface area contributed by atoms with E-state index in [4.69, 9.17) is 20.9 Å². The van der Waals surface area contributed by atoms with E-state index < -0.39 is 93.7 Å². The zero-order valence-corrected chi connectivity index (χ0v) is 36.5. The second-order valence-electron chi connectivity index (χ2n) is 12.4. The smallest absolute Gasteiger partial charge is 0.296 e. The summed E-state index contributed by atoms with van der Waals surface area (Å²) in [5.74, 6) is -1.36. The number of fused-ring (bicyclic) bond motifs is 2. The van der Waals surface area contributed by atoms with E-state index in [0.29, 0.717) is 23.3 Å². The maximum atomic E-state index is 12.0. The number of hydrogen-bond donors (Lipinski definition) is 8. The molecular formula is C34H28N6NaO16S4. The van der Waals surface area contributed by atoms with Crippen LogP contribution in [0.4, 0.5) is 34.1 Å². The van der Waals surface area contributed by atoms with Gasteiger partial charge in [0.2, 0.25) is 0 Å². The Morgan fingerprint density at radius 2 is 0.754 bits per heavy atom.